The van der Waals surface area contributed by atoms with Crippen LogP contribution in [0.25, 0.3) is 108 Å². The molecule has 0 fully saturated rings. The molecule has 0 aromatic heterocycles. The highest BCUT2D eigenvalue weighted by Gasteiger charge is 2.27. The molecule has 11 rings (SSSR count). The van der Waals surface area contributed by atoms with Crippen LogP contribution in [0.15, 0.2) is 121 Å². The number of rotatable bonds is 2. The summed E-state index contributed by atoms with van der Waals surface area (Å²) in [5.74, 6) is 0. The molecule has 0 aliphatic carbocycles. The van der Waals surface area contributed by atoms with Crippen molar-refractivity contribution in [2.24, 2.45) is 0 Å². The maximum atomic E-state index is 2.56. The lowest BCUT2D eigenvalue weighted by Crippen LogP contribution is -2.16. The van der Waals surface area contributed by atoms with E-state index < -0.39 is 0 Å². The topological polar surface area (TPSA) is 0 Å². The van der Waals surface area contributed by atoms with E-state index in [-0.39, 0.29) is 32.5 Å². The highest BCUT2D eigenvalue weighted by molar-refractivity contribution is 6.40. The van der Waals surface area contributed by atoms with Crippen LogP contribution in [0.3, 0.4) is 0 Å². The van der Waals surface area contributed by atoms with Crippen molar-refractivity contribution in [2.75, 3.05) is 0 Å². The maximum absolute atomic E-state index is 2.56. The predicted octanol–water partition coefficient (Wildman–Crippen LogP) is 20.9. The van der Waals surface area contributed by atoms with E-state index in [1.54, 1.807) is 0 Å². The van der Waals surface area contributed by atoms with Gasteiger partial charge in [0.15, 0.2) is 0 Å². The van der Waals surface area contributed by atoms with Crippen LogP contribution in [0.5, 0.6) is 0 Å². The van der Waals surface area contributed by atoms with E-state index in [0.29, 0.717) is 0 Å². The quantitative estimate of drug-likeness (QED) is 0.152. The Kier molecular flexibility index (Phi) is 9.81. The molecule has 0 saturated carbocycles. The molecule has 0 heteroatoms. The van der Waals surface area contributed by atoms with E-state index >= 15 is 0 Å². The van der Waals surface area contributed by atoms with Crippen LogP contribution < -0.4 is 0 Å². The molecule has 70 heavy (non-hydrogen) atoms. The highest BCUT2D eigenvalue weighted by atomic mass is 14.3. The third kappa shape index (κ3) is 7.37. The van der Waals surface area contributed by atoms with E-state index in [9.17, 15) is 0 Å². The molecule has 11 aromatic rings. The first kappa shape index (κ1) is 46.4. The molecular weight excluding hydrogens is 841 g/mol. The molecule has 0 unspecified atom stereocenters. The first-order valence-corrected chi connectivity index (χ1v) is 26.1. The van der Waals surface area contributed by atoms with Crippen molar-refractivity contribution in [2.45, 2.75) is 157 Å². The van der Waals surface area contributed by atoms with Gasteiger partial charge in [0.25, 0.3) is 0 Å². The summed E-state index contributed by atoms with van der Waals surface area (Å²) in [6, 6.07) is 49.6. The van der Waals surface area contributed by atoms with Crippen LogP contribution in [-0.2, 0) is 32.5 Å². The minimum Gasteiger partial charge on any atom is -0.0578 e. The molecule has 0 nitrogen and oxygen atoms in total. The third-order valence-electron chi connectivity index (χ3n) is 16.2. The van der Waals surface area contributed by atoms with Crippen molar-refractivity contribution in [3.63, 3.8) is 0 Å². The van der Waals surface area contributed by atoms with Crippen molar-refractivity contribution in [1.82, 2.24) is 0 Å². The summed E-state index contributed by atoms with van der Waals surface area (Å²) in [7, 11) is 0. The van der Waals surface area contributed by atoms with Gasteiger partial charge in [0, 0.05) is 0 Å². The Morgan fingerprint density at radius 3 is 0.657 bits per heavy atom. The largest absolute Gasteiger partial charge is 0.0578 e. The van der Waals surface area contributed by atoms with Crippen molar-refractivity contribution in [3.8, 4) is 22.3 Å². The Bertz CT molecular complexity index is 3630. The van der Waals surface area contributed by atoms with Gasteiger partial charge in [0.2, 0.25) is 0 Å². The summed E-state index contributed by atoms with van der Waals surface area (Å²) >= 11 is 0. The Hall–Kier alpha value is -5.98. The van der Waals surface area contributed by atoms with Crippen LogP contribution in [-0.4, -0.2) is 0 Å². The average molecular weight is 915 g/mol. The zero-order valence-electron chi connectivity index (χ0n) is 45.5. The van der Waals surface area contributed by atoms with Gasteiger partial charge >= 0.3 is 0 Å². The number of hydrogen-bond donors (Lipinski definition) is 0. The molecule has 0 atom stereocenters. The zero-order valence-corrected chi connectivity index (χ0v) is 45.5. The second kappa shape index (κ2) is 14.8. The fraction of sp³-hybridized carbons (Fsp3) is 0.343. The van der Waals surface area contributed by atoms with Gasteiger partial charge < -0.3 is 0 Å². The Balaban J connectivity index is 1.30. The van der Waals surface area contributed by atoms with Crippen molar-refractivity contribution in [1.29, 1.82) is 0 Å². The van der Waals surface area contributed by atoms with E-state index in [1.807, 2.05) is 0 Å². The normalized spacial score (nSPS) is 13.9. The lowest BCUT2D eigenvalue weighted by Gasteiger charge is -2.26. The zero-order chi connectivity index (χ0) is 50.2. The van der Waals surface area contributed by atoms with Gasteiger partial charge in [-0.05, 0) is 223 Å². The Labute approximate surface area is 418 Å². The third-order valence-corrected chi connectivity index (χ3v) is 16.2. The summed E-state index contributed by atoms with van der Waals surface area (Å²) in [5, 5.41) is 21.5. The molecule has 0 saturated heterocycles. The summed E-state index contributed by atoms with van der Waals surface area (Å²) in [4.78, 5) is 0. The highest BCUT2D eigenvalue weighted by Crippen LogP contribution is 2.51. The van der Waals surface area contributed by atoms with Crippen molar-refractivity contribution >= 4 is 86.2 Å². The van der Waals surface area contributed by atoms with E-state index in [2.05, 4.69) is 246 Å². The molecule has 0 radical (unpaired) electrons. The van der Waals surface area contributed by atoms with Gasteiger partial charge in [-0.3, -0.25) is 0 Å². The predicted molar refractivity (Wildman–Crippen MR) is 312 cm³/mol. The van der Waals surface area contributed by atoms with E-state index in [1.165, 1.54) is 142 Å². The van der Waals surface area contributed by atoms with Crippen molar-refractivity contribution < 1.29 is 0 Å². The molecule has 0 spiro atoms. The molecule has 0 N–H and O–H groups in total. The smallest absolute Gasteiger partial charge is 0.00195 e. The van der Waals surface area contributed by atoms with Crippen molar-refractivity contribution in [3.05, 3.63) is 155 Å². The lowest BCUT2D eigenvalue weighted by atomic mass is 9.78. The molecule has 0 heterocycles. The van der Waals surface area contributed by atoms with Crippen LogP contribution in [0.1, 0.15) is 158 Å². The maximum Gasteiger partial charge on any atom is -0.00195 e. The first-order chi connectivity index (χ1) is 32.4. The van der Waals surface area contributed by atoms with Gasteiger partial charge in [-0.2, -0.15) is 0 Å². The van der Waals surface area contributed by atoms with Gasteiger partial charge in [-0.15, -0.1) is 0 Å². The van der Waals surface area contributed by atoms with Crippen LogP contribution in [0.4, 0.5) is 0 Å². The summed E-state index contributed by atoms with van der Waals surface area (Å²) in [6.07, 6.45) is 0. The Morgan fingerprint density at radius 2 is 0.386 bits per heavy atom. The minimum absolute atomic E-state index is 0.0117. The molecule has 0 aliphatic heterocycles. The number of hydrogen-bond acceptors (Lipinski definition) is 0. The molecule has 11 aromatic carbocycles. The second-order valence-electron chi connectivity index (χ2n) is 27.6. The summed E-state index contributed by atoms with van der Waals surface area (Å²) in [5.41, 5.74) is 13.5. The minimum atomic E-state index is 0.0117. The van der Waals surface area contributed by atoms with Crippen LogP contribution in [0.2, 0.25) is 0 Å². The summed E-state index contributed by atoms with van der Waals surface area (Å²) in [6.45, 7) is 42.2. The number of benzene rings is 9. The second-order valence-corrected chi connectivity index (χ2v) is 27.6. The van der Waals surface area contributed by atoms with E-state index in [4.69, 9.17) is 0 Å². The van der Waals surface area contributed by atoms with Gasteiger partial charge in [0.05, 0.1) is 0 Å². The average Bonchev–Trinajstić information content (AvgIpc) is 3.76. The van der Waals surface area contributed by atoms with Gasteiger partial charge in [0.1, 0.15) is 0 Å². The van der Waals surface area contributed by atoms with E-state index in [0.717, 1.165) is 0 Å². The van der Waals surface area contributed by atoms with Crippen LogP contribution >= 0.6 is 0 Å². The fourth-order valence-electron chi connectivity index (χ4n) is 11.6. The van der Waals surface area contributed by atoms with Gasteiger partial charge in [-0.25, -0.2) is 0 Å². The number of fused-ring (bicyclic) bond motifs is 11. The lowest BCUT2D eigenvalue weighted by molar-refractivity contribution is 0.568. The molecule has 0 amide bonds. The monoisotopic (exact) mass is 915 g/mol. The van der Waals surface area contributed by atoms with Gasteiger partial charge in [-0.1, -0.05) is 197 Å². The standard InChI is InChI=1S/C70H74/c1-65(2,3)43-19-21-49-53(35-43)59-31-41(39-25-45(67(7,8)9)33-46(26-39)68(10,11)12)29-57-51-23-24-52-56(55(51)37-61(49)63(57)59)38-62-50-22-20-44(66(4,5)6)36-54(50)60-32-42(30-58(52)64(60)62)40-27-47(69(13,14)15)34-48(28-40)70(16,17)18/h19-38H,1-18H3. The fourth-order valence-corrected chi connectivity index (χ4v) is 11.6. The molecule has 354 valence electrons. The van der Waals surface area contributed by atoms with Crippen LogP contribution in [0, 0.1) is 0 Å². The molecule has 0 bridgehead atoms. The molecular formula is C70H74. The molecule has 0 aliphatic rings. The Morgan fingerprint density at radius 1 is 0.171 bits per heavy atom. The SMILES string of the molecule is CC(C)(C)c1cc(-c2cc3c4ccc5c(cc6c7ccc(C(C)(C)C)cc7c7cc(-c8cc(C(C)(C)C)cc(C(C)(C)C)c8)cc5c76)c4cc4c5ccc(C(C)(C)C)cc5c(c2)c34)cc(C(C)(C)C)c1. The first-order valence-electron chi connectivity index (χ1n) is 26.1. The summed E-state index contributed by atoms with van der Waals surface area (Å²) < 4.78 is 0.